The van der Waals surface area contributed by atoms with Crippen LogP contribution in [-0.4, -0.2) is 38.0 Å². The largest absolute Gasteiger partial charge is 0.294 e. The van der Waals surface area contributed by atoms with Crippen LogP contribution >= 0.6 is 0 Å². The van der Waals surface area contributed by atoms with Crippen LogP contribution in [0, 0.1) is 0 Å². The average Bonchev–Trinajstić information content (AvgIpc) is 2.14. The second-order valence-electron chi connectivity index (χ2n) is 3.24. The molecule has 0 heterocycles. The molecule has 0 amide bonds. The minimum atomic E-state index is -4.10. The topological polar surface area (TPSA) is 69.4 Å². The van der Waals surface area contributed by atoms with E-state index in [2.05, 4.69) is 5.32 Å². The molecule has 15 heavy (non-hydrogen) atoms. The molecule has 0 bridgehead atoms. The van der Waals surface area contributed by atoms with Crippen molar-refractivity contribution in [2.75, 3.05) is 19.4 Å². The molecule has 0 aliphatic heterocycles. The summed E-state index contributed by atoms with van der Waals surface area (Å²) in [5, 5.41) is 2.95. The second-order valence-corrected chi connectivity index (χ2v) is 4.66. The van der Waals surface area contributed by atoms with E-state index in [0.29, 0.717) is 0 Å². The molecule has 0 aliphatic rings. The van der Waals surface area contributed by atoms with Gasteiger partial charge in [0.2, 0.25) is 6.34 Å². The number of nitrogens with one attached hydrogen (secondary N) is 1. The lowest BCUT2D eigenvalue weighted by molar-refractivity contribution is -0.459. The first kappa shape index (κ1) is 11.7. The van der Waals surface area contributed by atoms with Gasteiger partial charge in [-0.15, -0.1) is 0 Å². The summed E-state index contributed by atoms with van der Waals surface area (Å²) in [6, 6.07) is 5.81. The van der Waals surface area contributed by atoms with Gasteiger partial charge in [0, 0.05) is 0 Å². The van der Waals surface area contributed by atoms with Crippen molar-refractivity contribution < 1.29 is 17.5 Å². The van der Waals surface area contributed by atoms with Crippen LogP contribution in [0.1, 0.15) is 0 Å². The van der Waals surface area contributed by atoms with Crippen molar-refractivity contribution in [3.8, 4) is 0 Å². The molecule has 82 valence electrons. The van der Waals surface area contributed by atoms with E-state index in [-0.39, 0.29) is 4.90 Å². The second kappa shape index (κ2) is 4.41. The highest BCUT2D eigenvalue weighted by molar-refractivity contribution is 7.85. The first-order valence-corrected chi connectivity index (χ1v) is 5.67. The molecule has 5 nitrogen and oxygen atoms in total. The van der Waals surface area contributed by atoms with E-state index in [4.69, 9.17) is 4.55 Å². The normalized spacial score (nSPS) is 10.9. The first-order valence-electron chi connectivity index (χ1n) is 4.23. The number of nitrogens with zero attached hydrogens (tertiary/aromatic N) is 1. The van der Waals surface area contributed by atoms with Crippen molar-refractivity contribution in [1.29, 1.82) is 0 Å². The predicted octanol–water partition coefficient (Wildman–Crippen LogP) is 0.646. The highest BCUT2D eigenvalue weighted by atomic mass is 32.2. The van der Waals surface area contributed by atoms with Crippen molar-refractivity contribution in [2.45, 2.75) is 4.90 Å². The lowest BCUT2D eigenvalue weighted by Crippen LogP contribution is -2.07. The van der Waals surface area contributed by atoms with Crippen molar-refractivity contribution >= 4 is 22.1 Å². The van der Waals surface area contributed by atoms with Crippen molar-refractivity contribution in [3.63, 3.8) is 0 Å². The molecule has 0 aromatic heterocycles. The van der Waals surface area contributed by atoms with E-state index in [0.717, 1.165) is 5.69 Å². The third-order valence-electron chi connectivity index (χ3n) is 1.64. The molecule has 0 unspecified atom stereocenters. The molecule has 0 fully saturated rings. The summed E-state index contributed by atoms with van der Waals surface area (Å²) < 4.78 is 32.0. The van der Waals surface area contributed by atoms with Crippen LogP contribution in [0.3, 0.4) is 0 Å². The van der Waals surface area contributed by atoms with Crippen molar-refractivity contribution in [3.05, 3.63) is 24.3 Å². The van der Waals surface area contributed by atoms with Crippen LogP contribution in [-0.2, 0) is 10.1 Å². The number of benzene rings is 1. The lowest BCUT2D eigenvalue weighted by Gasteiger charge is -1.98. The summed E-state index contributed by atoms with van der Waals surface area (Å²) >= 11 is 0. The van der Waals surface area contributed by atoms with Gasteiger partial charge in [0.1, 0.15) is 5.69 Å². The molecule has 1 rings (SSSR count). The number of anilines is 1. The SMILES string of the molecule is C[N+](C)=CNc1ccc(S(=O)(=O)O)cc1. The molecular weight excluding hydrogens is 216 g/mol. The van der Waals surface area contributed by atoms with E-state index in [9.17, 15) is 8.42 Å². The van der Waals surface area contributed by atoms with Gasteiger partial charge in [0.05, 0.1) is 19.0 Å². The van der Waals surface area contributed by atoms with Crippen LogP contribution in [0.5, 0.6) is 0 Å². The van der Waals surface area contributed by atoms with Gasteiger partial charge < -0.3 is 0 Å². The Labute approximate surface area is 88.8 Å². The average molecular weight is 229 g/mol. The van der Waals surface area contributed by atoms with Crippen LogP contribution in [0.2, 0.25) is 0 Å². The summed E-state index contributed by atoms with van der Waals surface area (Å²) in [4.78, 5) is -0.113. The summed E-state index contributed by atoms with van der Waals surface area (Å²) in [6.45, 7) is 0. The Hall–Kier alpha value is -1.40. The zero-order valence-electron chi connectivity index (χ0n) is 8.51. The standard InChI is InChI=1S/C9H12N2O3S/c1-11(2)7-10-8-3-5-9(6-4-8)15(12,13)14/h3-7H,1-2H3,(H,12,13,14)/p+1. The van der Waals surface area contributed by atoms with Gasteiger partial charge in [-0.25, -0.2) is 5.32 Å². The van der Waals surface area contributed by atoms with E-state index < -0.39 is 10.1 Å². The van der Waals surface area contributed by atoms with Crippen LogP contribution in [0.4, 0.5) is 5.69 Å². The molecule has 0 saturated carbocycles. The van der Waals surface area contributed by atoms with Crippen molar-refractivity contribution in [1.82, 2.24) is 0 Å². The molecule has 0 saturated heterocycles. The van der Waals surface area contributed by atoms with E-state index >= 15 is 0 Å². The molecule has 2 N–H and O–H groups in total. The molecule has 0 atom stereocenters. The minimum Gasteiger partial charge on any atom is -0.282 e. The fraction of sp³-hybridized carbons (Fsp3) is 0.222. The van der Waals surface area contributed by atoms with Gasteiger partial charge in [-0.1, -0.05) is 0 Å². The van der Waals surface area contributed by atoms with E-state index in [1.165, 1.54) is 12.1 Å². The van der Waals surface area contributed by atoms with E-state index in [1.54, 1.807) is 18.5 Å². The van der Waals surface area contributed by atoms with Crippen LogP contribution in [0.25, 0.3) is 0 Å². The molecule has 1 aromatic carbocycles. The predicted molar refractivity (Wildman–Crippen MR) is 58.1 cm³/mol. The quantitative estimate of drug-likeness (QED) is 0.345. The lowest BCUT2D eigenvalue weighted by atomic mass is 10.3. The van der Waals surface area contributed by atoms with Crippen LogP contribution in [0.15, 0.2) is 29.2 Å². The molecular formula is C9H13N2O3S+. The number of rotatable bonds is 3. The summed E-state index contributed by atoms with van der Waals surface area (Å²) in [5.41, 5.74) is 0.746. The summed E-state index contributed by atoms with van der Waals surface area (Å²) in [7, 11) is -0.378. The third-order valence-corrected chi connectivity index (χ3v) is 2.51. The van der Waals surface area contributed by atoms with E-state index in [1.807, 2.05) is 18.7 Å². The fourth-order valence-electron chi connectivity index (χ4n) is 0.927. The number of hydrogen-bond acceptors (Lipinski definition) is 2. The molecule has 0 radical (unpaired) electrons. The van der Waals surface area contributed by atoms with Gasteiger partial charge in [-0.3, -0.25) is 9.13 Å². The smallest absolute Gasteiger partial charge is 0.282 e. The highest BCUT2D eigenvalue weighted by Gasteiger charge is 2.08. The minimum absolute atomic E-state index is 0.113. The maximum absolute atomic E-state index is 10.7. The van der Waals surface area contributed by atoms with Gasteiger partial charge in [0.25, 0.3) is 10.1 Å². The summed E-state index contributed by atoms with van der Waals surface area (Å²) in [6.07, 6.45) is 1.72. The van der Waals surface area contributed by atoms with Gasteiger partial charge >= 0.3 is 0 Å². The maximum Gasteiger partial charge on any atom is 0.294 e. The maximum atomic E-state index is 10.7. The van der Waals surface area contributed by atoms with Gasteiger partial charge in [-0.2, -0.15) is 8.42 Å². The van der Waals surface area contributed by atoms with Gasteiger partial charge in [-0.05, 0) is 24.3 Å². The third kappa shape index (κ3) is 3.69. The first-order chi connectivity index (χ1) is 6.89. The molecule has 1 aromatic rings. The fourth-order valence-corrected chi connectivity index (χ4v) is 1.41. The Kier molecular flexibility index (Phi) is 3.43. The van der Waals surface area contributed by atoms with Gasteiger partial charge in [0.15, 0.2) is 0 Å². The summed E-state index contributed by atoms with van der Waals surface area (Å²) in [5.74, 6) is 0. The monoisotopic (exact) mass is 229 g/mol. The molecule has 6 heteroatoms. The Bertz CT molecular complexity index is 459. The Morgan fingerprint density at radius 1 is 1.27 bits per heavy atom. The van der Waals surface area contributed by atoms with Crippen molar-refractivity contribution in [2.24, 2.45) is 0 Å². The zero-order valence-corrected chi connectivity index (χ0v) is 9.32. The Morgan fingerprint density at radius 3 is 2.20 bits per heavy atom. The Balaban J connectivity index is 2.87. The zero-order chi connectivity index (χ0) is 11.5. The Morgan fingerprint density at radius 2 is 1.80 bits per heavy atom. The highest BCUT2D eigenvalue weighted by Crippen LogP contribution is 2.12. The van der Waals surface area contributed by atoms with Crippen LogP contribution < -0.4 is 5.32 Å². The molecule has 0 spiro atoms. The number of hydrogen-bond donors (Lipinski definition) is 2. The molecule has 0 aliphatic carbocycles.